The molecule has 1 aromatic heterocycles. The van der Waals surface area contributed by atoms with Crippen molar-refractivity contribution in [3.8, 4) is 0 Å². The van der Waals surface area contributed by atoms with E-state index in [4.69, 9.17) is 27.2 Å². The molecule has 2 aromatic rings. The third-order valence-electron chi connectivity index (χ3n) is 2.04. The van der Waals surface area contributed by atoms with Crippen molar-refractivity contribution in [2.75, 3.05) is 0 Å². The highest BCUT2D eigenvalue weighted by molar-refractivity contribution is 9.10. The van der Waals surface area contributed by atoms with Crippen molar-refractivity contribution < 1.29 is 15.0 Å². The van der Waals surface area contributed by atoms with Gasteiger partial charge in [-0.15, -0.1) is 0 Å². The zero-order valence-corrected chi connectivity index (χ0v) is 12.1. The summed E-state index contributed by atoms with van der Waals surface area (Å²) in [7, 11) is 0. The highest BCUT2D eigenvalue weighted by Gasteiger charge is 1.96. The number of nitrogens with one attached hydrogen (secondary N) is 1. The number of carbonyl (C=O) groups is 1. The van der Waals surface area contributed by atoms with Crippen LogP contribution in [0.4, 0.5) is 4.79 Å². The molecule has 5 nitrogen and oxygen atoms in total. The average molecular weight is 343 g/mol. The minimum absolute atomic E-state index is 0.532. The number of H-pyrrole nitrogens is 1. The zero-order chi connectivity index (χ0) is 14.3. The largest absolute Gasteiger partial charge is 0.503 e. The lowest BCUT2D eigenvalue weighted by Gasteiger charge is -2.01. The van der Waals surface area contributed by atoms with E-state index in [0.29, 0.717) is 4.77 Å². The Balaban J connectivity index is 0.000000399. The van der Waals surface area contributed by atoms with Gasteiger partial charge in [-0.3, -0.25) is 0 Å². The third-order valence-corrected chi connectivity index (χ3v) is 2.78. The molecule has 0 aliphatic rings. The Morgan fingerprint density at radius 2 is 1.84 bits per heavy atom. The Bertz CT molecular complexity index is 594. The van der Waals surface area contributed by atoms with E-state index >= 15 is 0 Å². The number of carboxylic acid groups (broad SMARTS) is 2. The Hall–Kier alpha value is -1.73. The van der Waals surface area contributed by atoms with Crippen LogP contribution in [-0.2, 0) is 6.42 Å². The molecule has 0 fully saturated rings. The predicted molar refractivity (Wildman–Crippen MR) is 77.0 cm³/mol. The molecule has 0 bridgehead atoms. The van der Waals surface area contributed by atoms with Crippen molar-refractivity contribution in [3.63, 3.8) is 0 Å². The van der Waals surface area contributed by atoms with Gasteiger partial charge in [0.1, 0.15) is 0 Å². The fraction of sp³-hybridized carbons (Fsp3) is 0.0833. The molecular weight excluding hydrogens is 332 g/mol. The fourth-order valence-corrected chi connectivity index (χ4v) is 1.79. The van der Waals surface area contributed by atoms with Gasteiger partial charge in [0.25, 0.3) is 0 Å². The van der Waals surface area contributed by atoms with E-state index in [-0.39, 0.29) is 0 Å². The van der Waals surface area contributed by atoms with Crippen LogP contribution in [0.1, 0.15) is 11.3 Å². The summed E-state index contributed by atoms with van der Waals surface area (Å²) in [5, 5.41) is 13.9. The summed E-state index contributed by atoms with van der Waals surface area (Å²) in [6.07, 6.45) is 0.743. The van der Waals surface area contributed by atoms with Crippen molar-refractivity contribution in [2.24, 2.45) is 0 Å². The number of nitrogens with zero attached hydrogens (tertiary/aromatic N) is 1. The van der Waals surface area contributed by atoms with Gasteiger partial charge in [0.15, 0.2) is 4.77 Å². The third kappa shape index (κ3) is 6.68. The summed E-state index contributed by atoms with van der Waals surface area (Å²) in [6, 6.07) is 10.2. The zero-order valence-electron chi connectivity index (χ0n) is 9.71. The van der Waals surface area contributed by atoms with Gasteiger partial charge in [-0.1, -0.05) is 28.1 Å². The predicted octanol–water partition coefficient (Wildman–Crippen LogP) is 3.71. The van der Waals surface area contributed by atoms with Crippen LogP contribution in [0.25, 0.3) is 0 Å². The van der Waals surface area contributed by atoms with Gasteiger partial charge in [0, 0.05) is 22.8 Å². The quantitative estimate of drug-likeness (QED) is 0.724. The van der Waals surface area contributed by atoms with E-state index < -0.39 is 6.16 Å². The summed E-state index contributed by atoms with van der Waals surface area (Å²) in [4.78, 5) is 15.6. The van der Waals surface area contributed by atoms with E-state index in [9.17, 15) is 0 Å². The number of hydrogen-bond donors (Lipinski definition) is 3. The first-order valence-corrected chi connectivity index (χ1v) is 6.38. The second-order valence-electron chi connectivity index (χ2n) is 3.49. The Morgan fingerprint density at radius 1 is 1.26 bits per heavy atom. The van der Waals surface area contributed by atoms with Crippen molar-refractivity contribution in [1.82, 2.24) is 9.97 Å². The van der Waals surface area contributed by atoms with Crippen LogP contribution in [0.2, 0.25) is 0 Å². The molecule has 0 amide bonds. The molecule has 100 valence electrons. The summed E-state index contributed by atoms with van der Waals surface area (Å²) >= 11 is 8.37. The van der Waals surface area contributed by atoms with Gasteiger partial charge in [0.2, 0.25) is 0 Å². The molecule has 0 atom stereocenters. The Kier molecular flexibility index (Phi) is 6.17. The maximum Gasteiger partial charge on any atom is 0.503 e. The number of rotatable bonds is 2. The normalized spacial score (nSPS) is 9.32. The summed E-state index contributed by atoms with van der Waals surface area (Å²) < 4.78 is 1.62. The van der Waals surface area contributed by atoms with Gasteiger partial charge >= 0.3 is 6.16 Å². The molecule has 19 heavy (non-hydrogen) atoms. The van der Waals surface area contributed by atoms with E-state index in [0.717, 1.165) is 16.6 Å². The van der Waals surface area contributed by atoms with Crippen molar-refractivity contribution in [2.45, 2.75) is 6.42 Å². The van der Waals surface area contributed by atoms with Crippen LogP contribution < -0.4 is 0 Å². The van der Waals surface area contributed by atoms with Gasteiger partial charge in [-0.25, -0.2) is 9.78 Å². The summed E-state index contributed by atoms with van der Waals surface area (Å²) in [5.41, 5.74) is 2.33. The minimum Gasteiger partial charge on any atom is -0.450 e. The van der Waals surface area contributed by atoms with Crippen LogP contribution in [0.5, 0.6) is 0 Å². The Labute approximate surface area is 123 Å². The van der Waals surface area contributed by atoms with Crippen LogP contribution in [0, 0.1) is 4.77 Å². The van der Waals surface area contributed by atoms with E-state index in [1.54, 1.807) is 6.20 Å². The second kappa shape index (κ2) is 7.65. The van der Waals surface area contributed by atoms with Crippen LogP contribution in [0.15, 0.2) is 41.0 Å². The van der Waals surface area contributed by atoms with Gasteiger partial charge in [-0.05, 0) is 36.0 Å². The molecule has 0 aliphatic carbocycles. The SMILES string of the molecule is O=C(O)O.S=c1nccc(Cc2ccc(Br)cc2)[nH]1. The van der Waals surface area contributed by atoms with Crippen molar-refractivity contribution in [1.29, 1.82) is 0 Å². The monoisotopic (exact) mass is 342 g/mol. The molecule has 3 N–H and O–H groups in total. The lowest BCUT2D eigenvalue weighted by atomic mass is 10.1. The van der Waals surface area contributed by atoms with Crippen LogP contribution in [0.3, 0.4) is 0 Å². The smallest absolute Gasteiger partial charge is 0.450 e. The maximum atomic E-state index is 8.56. The molecule has 2 rings (SSSR count). The number of halogens is 1. The Morgan fingerprint density at radius 3 is 2.37 bits per heavy atom. The average Bonchev–Trinajstić information content (AvgIpc) is 2.31. The highest BCUT2D eigenvalue weighted by atomic mass is 79.9. The standard InChI is InChI=1S/C11H9BrN2S.CH2O3/c12-9-3-1-8(2-4-9)7-10-5-6-13-11(15)14-10;2-1(3)4/h1-6H,7H2,(H,13,14,15);(H2,2,3,4). The van der Waals surface area contributed by atoms with Gasteiger partial charge in [0.05, 0.1) is 0 Å². The van der Waals surface area contributed by atoms with E-state index in [1.165, 1.54) is 5.56 Å². The van der Waals surface area contributed by atoms with Crippen molar-refractivity contribution >= 4 is 34.3 Å². The molecule has 1 aromatic carbocycles. The van der Waals surface area contributed by atoms with E-state index in [1.807, 2.05) is 18.2 Å². The first-order chi connectivity index (χ1) is 8.97. The molecule has 7 heteroatoms. The number of hydrogen-bond acceptors (Lipinski definition) is 3. The van der Waals surface area contributed by atoms with Crippen molar-refractivity contribution in [3.05, 3.63) is 57.0 Å². The molecule has 0 radical (unpaired) electrons. The molecule has 0 saturated carbocycles. The molecule has 1 heterocycles. The summed E-state index contributed by atoms with van der Waals surface area (Å²) in [5.74, 6) is 0. The highest BCUT2D eigenvalue weighted by Crippen LogP contribution is 2.12. The molecule has 0 spiro atoms. The molecule has 0 unspecified atom stereocenters. The lowest BCUT2D eigenvalue weighted by molar-refractivity contribution is 0.137. The number of aromatic nitrogens is 2. The molecule has 0 aliphatic heterocycles. The second-order valence-corrected chi connectivity index (χ2v) is 4.79. The maximum absolute atomic E-state index is 8.56. The van der Waals surface area contributed by atoms with E-state index in [2.05, 4.69) is 38.0 Å². The van der Waals surface area contributed by atoms with Gasteiger partial charge < -0.3 is 15.2 Å². The summed E-state index contributed by atoms with van der Waals surface area (Å²) in [6.45, 7) is 0. The first-order valence-electron chi connectivity index (χ1n) is 5.18. The number of benzene rings is 1. The van der Waals surface area contributed by atoms with Crippen LogP contribution in [-0.4, -0.2) is 26.3 Å². The number of aromatic amines is 1. The molecular formula is C12H11BrN2O3S. The van der Waals surface area contributed by atoms with Gasteiger partial charge in [-0.2, -0.15) is 0 Å². The first kappa shape index (κ1) is 15.3. The minimum atomic E-state index is -1.83. The van der Waals surface area contributed by atoms with Crippen LogP contribution >= 0.6 is 28.1 Å². The molecule has 0 saturated heterocycles. The topological polar surface area (TPSA) is 86.2 Å². The fourth-order valence-electron chi connectivity index (χ4n) is 1.33. The lowest BCUT2D eigenvalue weighted by Crippen LogP contribution is -1.93.